The van der Waals surface area contributed by atoms with Gasteiger partial charge < -0.3 is 9.47 Å². The van der Waals surface area contributed by atoms with Crippen molar-refractivity contribution in [3.63, 3.8) is 0 Å². The Balaban J connectivity index is 1.64. The number of carbonyl (C=O) groups excluding carboxylic acids is 1. The highest BCUT2D eigenvalue weighted by Gasteiger charge is 2.16. The Hall–Kier alpha value is -2.60. The summed E-state index contributed by atoms with van der Waals surface area (Å²) in [5.41, 5.74) is 4.57. The van der Waals surface area contributed by atoms with Crippen molar-refractivity contribution in [3.05, 3.63) is 65.2 Å². The van der Waals surface area contributed by atoms with E-state index in [1.165, 1.54) is 22.9 Å². The lowest BCUT2D eigenvalue weighted by molar-refractivity contribution is -0.127. The van der Waals surface area contributed by atoms with Crippen LogP contribution in [-0.4, -0.2) is 38.4 Å². The molecule has 0 unspecified atom stereocenters. The standard InChI is InChI=1S/C21H24N4OS/c1-15-9-5-7-11-17(15)13-24(3)19(26)14-27-21-23-22-20(25(21)4)18-12-8-6-10-16(18)2/h5-12H,13-14H2,1-4H3. The molecule has 0 aliphatic rings. The molecule has 5 nitrogen and oxygen atoms in total. The number of rotatable bonds is 6. The van der Waals surface area contributed by atoms with Crippen molar-refractivity contribution >= 4 is 17.7 Å². The Kier molecular flexibility index (Phi) is 5.96. The highest BCUT2D eigenvalue weighted by molar-refractivity contribution is 7.99. The van der Waals surface area contributed by atoms with Gasteiger partial charge in [-0.05, 0) is 30.5 Å². The number of hydrogen-bond donors (Lipinski definition) is 0. The van der Waals surface area contributed by atoms with Crippen LogP contribution in [-0.2, 0) is 18.4 Å². The van der Waals surface area contributed by atoms with Crippen molar-refractivity contribution in [1.82, 2.24) is 19.7 Å². The molecule has 0 atom stereocenters. The van der Waals surface area contributed by atoms with E-state index in [1.807, 2.05) is 49.0 Å². The Morgan fingerprint density at radius 2 is 1.70 bits per heavy atom. The number of nitrogens with zero attached hydrogens (tertiary/aromatic N) is 4. The third kappa shape index (κ3) is 4.39. The molecular weight excluding hydrogens is 356 g/mol. The van der Waals surface area contributed by atoms with E-state index in [0.717, 1.165) is 22.1 Å². The second-order valence-corrected chi connectivity index (χ2v) is 7.59. The van der Waals surface area contributed by atoms with Gasteiger partial charge in [0.2, 0.25) is 5.91 Å². The molecule has 0 N–H and O–H groups in total. The summed E-state index contributed by atoms with van der Waals surface area (Å²) in [6.45, 7) is 4.73. The second-order valence-electron chi connectivity index (χ2n) is 6.65. The maximum absolute atomic E-state index is 12.5. The minimum Gasteiger partial charge on any atom is -0.341 e. The van der Waals surface area contributed by atoms with E-state index < -0.39 is 0 Å². The summed E-state index contributed by atoms with van der Waals surface area (Å²) < 4.78 is 1.95. The molecule has 0 fully saturated rings. The SMILES string of the molecule is Cc1ccccc1CN(C)C(=O)CSc1nnc(-c2ccccc2C)n1C. The summed E-state index contributed by atoms with van der Waals surface area (Å²) in [7, 11) is 3.77. The molecule has 0 bridgehead atoms. The maximum Gasteiger partial charge on any atom is 0.233 e. The van der Waals surface area contributed by atoms with Gasteiger partial charge in [0, 0.05) is 26.2 Å². The molecule has 1 aromatic heterocycles. The lowest BCUT2D eigenvalue weighted by Gasteiger charge is -2.18. The van der Waals surface area contributed by atoms with Gasteiger partial charge in [-0.2, -0.15) is 0 Å². The summed E-state index contributed by atoms with van der Waals surface area (Å²) >= 11 is 1.42. The number of amides is 1. The number of aryl methyl sites for hydroxylation is 2. The zero-order valence-electron chi connectivity index (χ0n) is 16.1. The second kappa shape index (κ2) is 8.39. The average Bonchev–Trinajstić information content (AvgIpc) is 3.02. The van der Waals surface area contributed by atoms with E-state index in [-0.39, 0.29) is 5.91 Å². The van der Waals surface area contributed by atoms with E-state index in [0.29, 0.717) is 12.3 Å². The zero-order chi connectivity index (χ0) is 19.4. The summed E-state index contributed by atoms with van der Waals surface area (Å²) in [6.07, 6.45) is 0. The van der Waals surface area contributed by atoms with Crippen LogP contribution in [0, 0.1) is 13.8 Å². The molecule has 140 valence electrons. The van der Waals surface area contributed by atoms with Crippen LogP contribution in [0.4, 0.5) is 0 Å². The van der Waals surface area contributed by atoms with Crippen LogP contribution >= 0.6 is 11.8 Å². The van der Waals surface area contributed by atoms with E-state index in [1.54, 1.807) is 4.90 Å². The van der Waals surface area contributed by atoms with Crippen LogP contribution in [0.5, 0.6) is 0 Å². The Morgan fingerprint density at radius 3 is 2.41 bits per heavy atom. The van der Waals surface area contributed by atoms with Crippen LogP contribution in [0.2, 0.25) is 0 Å². The summed E-state index contributed by atoms with van der Waals surface area (Å²) in [5.74, 6) is 1.22. The third-order valence-corrected chi connectivity index (χ3v) is 5.65. The van der Waals surface area contributed by atoms with E-state index in [2.05, 4.69) is 42.2 Å². The lowest BCUT2D eigenvalue weighted by atomic mass is 10.1. The molecule has 1 heterocycles. The molecule has 0 spiro atoms. The molecule has 0 radical (unpaired) electrons. The number of benzene rings is 2. The first-order valence-corrected chi connectivity index (χ1v) is 9.82. The molecule has 0 aliphatic carbocycles. The molecule has 27 heavy (non-hydrogen) atoms. The van der Waals surface area contributed by atoms with Gasteiger partial charge in [-0.25, -0.2) is 0 Å². The summed E-state index contributed by atoms with van der Waals surface area (Å²) in [4.78, 5) is 14.3. The average molecular weight is 381 g/mol. The minimum absolute atomic E-state index is 0.0729. The molecule has 3 rings (SSSR count). The molecule has 3 aromatic rings. The van der Waals surface area contributed by atoms with Gasteiger partial charge >= 0.3 is 0 Å². The summed E-state index contributed by atoms with van der Waals surface area (Å²) in [5, 5.41) is 9.33. The van der Waals surface area contributed by atoms with Crippen molar-refractivity contribution < 1.29 is 4.79 Å². The van der Waals surface area contributed by atoms with Gasteiger partial charge in [-0.1, -0.05) is 60.3 Å². The highest BCUT2D eigenvalue weighted by atomic mass is 32.2. The number of aromatic nitrogens is 3. The number of thioether (sulfide) groups is 1. The molecule has 0 saturated carbocycles. The predicted molar refractivity (Wildman–Crippen MR) is 110 cm³/mol. The Labute approximate surface area is 164 Å². The van der Waals surface area contributed by atoms with Crippen LogP contribution in [0.25, 0.3) is 11.4 Å². The van der Waals surface area contributed by atoms with Gasteiger partial charge in [0.1, 0.15) is 0 Å². The monoisotopic (exact) mass is 380 g/mol. The van der Waals surface area contributed by atoms with E-state index in [4.69, 9.17) is 0 Å². The first kappa shape index (κ1) is 19.2. The largest absolute Gasteiger partial charge is 0.341 e. The first-order chi connectivity index (χ1) is 13.0. The van der Waals surface area contributed by atoms with Crippen LogP contribution in [0.15, 0.2) is 53.7 Å². The molecular formula is C21H24N4OS. The fraction of sp³-hybridized carbons (Fsp3) is 0.286. The smallest absolute Gasteiger partial charge is 0.233 e. The van der Waals surface area contributed by atoms with E-state index in [9.17, 15) is 4.79 Å². The van der Waals surface area contributed by atoms with Crippen LogP contribution in [0.1, 0.15) is 16.7 Å². The van der Waals surface area contributed by atoms with Gasteiger partial charge in [-0.3, -0.25) is 4.79 Å². The van der Waals surface area contributed by atoms with Crippen molar-refractivity contribution in [3.8, 4) is 11.4 Å². The molecule has 0 aliphatic heterocycles. The molecule has 1 amide bonds. The Bertz CT molecular complexity index is 951. The first-order valence-electron chi connectivity index (χ1n) is 8.84. The van der Waals surface area contributed by atoms with Crippen molar-refractivity contribution in [2.24, 2.45) is 7.05 Å². The maximum atomic E-state index is 12.5. The van der Waals surface area contributed by atoms with Crippen LogP contribution < -0.4 is 0 Å². The predicted octanol–water partition coefficient (Wildman–Crippen LogP) is 3.85. The Morgan fingerprint density at radius 1 is 1.04 bits per heavy atom. The fourth-order valence-electron chi connectivity index (χ4n) is 2.87. The van der Waals surface area contributed by atoms with Crippen molar-refractivity contribution in [2.45, 2.75) is 25.5 Å². The van der Waals surface area contributed by atoms with Gasteiger partial charge in [0.15, 0.2) is 11.0 Å². The molecule has 2 aromatic carbocycles. The van der Waals surface area contributed by atoms with E-state index >= 15 is 0 Å². The van der Waals surface area contributed by atoms with Crippen LogP contribution in [0.3, 0.4) is 0 Å². The fourth-order valence-corrected chi connectivity index (χ4v) is 3.72. The molecule has 6 heteroatoms. The van der Waals surface area contributed by atoms with Gasteiger partial charge in [0.25, 0.3) is 0 Å². The number of carbonyl (C=O) groups is 1. The van der Waals surface area contributed by atoms with Gasteiger partial charge in [0.05, 0.1) is 5.75 Å². The minimum atomic E-state index is 0.0729. The zero-order valence-corrected chi connectivity index (χ0v) is 17.0. The number of hydrogen-bond acceptors (Lipinski definition) is 4. The van der Waals surface area contributed by atoms with Crippen molar-refractivity contribution in [1.29, 1.82) is 0 Å². The highest BCUT2D eigenvalue weighted by Crippen LogP contribution is 2.25. The summed E-state index contributed by atoms with van der Waals surface area (Å²) in [6, 6.07) is 16.2. The normalized spacial score (nSPS) is 10.8. The van der Waals surface area contributed by atoms with Gasteiger partial charge in [-0.15, -0.1) is 10.2 Å². The lowest BCUT2D eigenvalue weighted by Crippen LogP contribution is -2.28. The van der Waals surface area contributed by atoms with Crippen molar-refractivity contribution in [2.75, 3.05) is 12.8 Å². The third-order valence-electron chi connectivity index (χ3n) is 4.64. The molecule has 0 saturated heterocycles. The quantitative estimate of drug-likeness (QED) is 0.610. The topological polar surface area (TPSA) is 51.0 Å².